The monoisotopic (exact) mass is 433 g/mol. The first-order chi connectivity index (χ1) is 15.4. The molecule has 1 aliphatic heterocycles. The van der Waals surface area contributed by atoms with Crippen LogP contribution in [-0.4, -0.2) is 31.5 Å². The highest BCUT2D eigenvalue weighted by molar-refractivity contribution is 5.91. The van der Waals surface area contributed by atoms with Crippen LogP contribution in [0, 0.1) is 12.7 Å². The molecule has 1 atom stereocenters. The van der Waals surface area contributed by atoms with Crippen LogP contribution in [0.1, 0.15) is 45.5 Å². The molecule has 3 aromatic rings. The number of carbonyl (C=O) groups is 1. The van der Waals surface area contributed by atoms with Gasteiger partial charge >= 0.3 is 5.97 Å². The Hall–Kier alpha value is -3.02. The molecular formula is C27H28FNO3. The van der Waals surface area contributed by atoms with E-state index in [1.165, 1.54) is 12.1 Å². The van der Waals surface area contributed by atoms with Crippen LogP contribution in [0.25, 0.3) is 0 Å². The van der Waals surface area contributed by atoms with Crippen molar-refractivity contribution in [1.29, 1.82) is 0 Å². The number of esters is 1. The fourth-order valence-electron chi connectivity index (χ4n) is 4.24. The molecule has 3 aromatic carbocycles. The van der Waals surface area contributed by atoms with Crippen molar-refractivity contribution in [3.63, 3.8) is 0 Å². The molecule has 0 radical (unpaired) electrons. The van der Waals surface area contributed by atoms with Gasteiger partial charge in [-0.3, -0.25) is 0 Å². The number of nitrogens with zero attached hydrogens (tertiary/aromatic N) is 1. The van der Waals surface area contributed by atoms with Crippen molar-refractivity contribution in [1.82, 2.24) is 4.90 Å². The quantitative estimate of drug-likeness (QED) is 0.366. The van der Waals surface area contributed by atoms with E-state index in [0.29, 0.717) is 17.9 Å². The van der Waals surface area contributed by atoms with Gasteiger partial charge in [-0.15, -0.1) is 0 Å². The molecule has 0 bridgehead atoms. The first kappa shape index (κ1) is 22.2. The molecule has 0 unspecified atom stereocenters. The van der Waals surface area contributed by atoms with Crippen molar-refractivity contribution in [3.05, 3.63) is 100 Å². The molecule has 4 rings (SSSR count). The first-order valence-corrected chi connectivity index (χ1v) is 10.8. The van der Waals surface area contributed by atoms with Crippen LogP contribution in [0.15, 0.2) is 66.7 Å². The Morgan fingerprint density at radius 3 is 2.47 bits per heavy atom. The summed E-state index contributed by atoms with van der Waals surface area (Å²) in [7, 11) is 4.08. The fraction of sp³-hybridized carbons (Fsp3) is 0.296. The van der Waals surface area contributed by atoms with Crippen LogP contribution >= 0.6 is 0 Å². The second-order valence-corrected chi connectivity index (χ2v) is 8.60. The summed E-state index contributed by atoms with van der Waals surface area (Å²) in [6, 6.07) is 19.5. The highest BCUT2D eigenvalue weighted by atomic mass is 19.1. The van der Waals surface area contributed by atoms with Gasteiger partial charge in [-0.1, -0.05) is 35.9 Å². The number of rotatable bonds is 7. The number of aryl methyl sites for hydroxylation is 1. The maximum absolute atomic E-state index is 13.6. The highest BCUT2D eigenvalue weighted by Crippen LogP contribution is 2.45. The fourth-order valence-corrected chi connectivity index (χ4v) is 4.24. The SMILES string of the molecule is Cc1ccc(OC(=O)c2ccc3c(c2)CO[C@@]3(CCCN(C)C)c2ccc(F)cc2)cc1. The Balaban J connectivity index is 1.63. The number of carbonyl (C=O) groups excluding carboxylic acids is 1. The normalized spacial score (nSPS) is 17.4. The number of hydrogen-bond acceptors (Lipinski definition) is 4. The van der Waals surface area contributed by atoms with Gasteiger partial charge in [-0.2, -0.15) is 0 Å². The molecule has 0 amide bonds. The average molecular weight is 434 g/mol. The molecule has 0 N–H and O–H groups in total. The molecule has 0 spiro atoms. The molecule has 0 aliphatic carbocycles. The van der Waals surface area contributed by atoms with Crippen molar-refractivity contribution < 1.29 is 18.7 Å². The van der Waals surface area contributed by atoms with Crippen LogP contribution in [-0.2, 0) is 16.9 Å². The first-order valence-electron chi connectivity index (χ1n) is 10.8. The largest absolute Gasteiger partial charge is 0.423 e. The molecule has 5 heteroatoms. The Morgan fingerprint density at radius 2 is 1.78 bits per heavy atom. The van der Waals surface area contributed by atoms with Crippen LogP contribution in [0.5, 0.6) is 5.75 Å². The van der Waals surface area contributed by atoms with E-state index >= 15 is 0 Å². The highest BCUT2D eigenvalue weighted by Gasteiger charge is 2.41. The Morgan fingerprint density at radius 1 is 1.06 bits per heavy atom. The van der Waals surface area contributed by atoms with Gasteiger partial charge in [-0.05, 0) is 93.5 Å². The van der Waals surface area contributed by atoms with Gasteiger partial charge in [0.15, 0.2) is 0 Å². The molecule has 0 aromatic heterocycles. The third-order valence-corrected chi connectivity index (χ3v) is 5.93. The summed E-state index contributed by atoms with van der Waals surface area (Å²) < 4.78 is 25.5. The molecule has 4 nitrogen and oxygen atoms in total. The summed E-state index contributed by atoms with van der Waals surface area (Å²) in [5.41, 5.74) is 3.83. The zero-order valence-corrected chi connectivity index (χ0v) is 18.7. The van der Waals surface area contributed by atoms with Gasteiger partial charge < -0.3 is 14.4 Å². The Kier molecular flexibility index (Phi) is 6.40. The van der Waals surface area contributed by atoms with Crippen LogP contribution in [0.3, 0.4) is 0 Å². The maximum atomic E-state index is 13.6. The molecule has 0 saturated carbocycles. The number of ether oxygens (including phenoxy) is 2. The molecule has 0 fully saturated rings. The van der Waals surface area contributed by atoms with Gasteiger partial charge in [0.05, 0.1) is 12.2 Å². The smallest absolute Gasteiger partial charge is 0.343 e. The predicted molar refractivity (Wildman–Crippen MR) is 122 cm³/mol. The van der Waals surface area contributed by atoms with Gasteiger partial charge in [0.25, 0.3) is 0 Å². The molecule has 0 saturated heterocycles. The summed E-state index contributed by atoms with van der Waals surface area (Å²) in [4.78, 5) is 14.8. The number of fused-ring (bicyclic) bond motifs is 1. The van der Waals surface area contributed by atoms with E-state index in [0.717, 1.165) is 41.6 Å². The van der Waals surface area contributed by atoms with Gasteiger partial charge in [-0.25, -0.2) is 9.18 Å². The minimum Gasteiger partial charge on any atom is -0.423 e. The third-order valence-electron chi connectivity index (χ3n) is 5.93. The van der Waals surface area contributed by atoms with Crippen molar-refractivity contribution in [2.45, 2.75) is 32.0 Å². The topological polar surface area (TPSA) is 38.8 Å². The summed E-state index contributed by atoms with van der Waals surface area (Å²) in [6.07, 6.45) is 1.68. The number of halogens is 1. The lowest BCUT2D eigenvalue weighted by Crippen LogP contribution is -2.28. The number of hydrogen-bond donors (Lipinski definition) is 0. The molecule has 166 valence electrons. The maximum Gasteiger partial charge on any atom is 0.343 e. The predicted octanol–water partition coefficient (Wildman–Crippen LogP) is 5.47. The third kappa shape index (κ3) is 4.59. The van der Waals surface area contributed by atoms with Crippen molar-refractivity contribution in [3.8, 4) is 5.75 Å². The van der Waals surface area contributed by atoms with E-state index in [-0.39, 0.29) is 5.82 Å². The van der Waals surface area contributed by atoms with E-state index in [4.69, 9.17) is 9.47 Å². The van der Waals surface area contributed by atoms with E-state index in [1.807, 2.05) is 45.3 Å². The molecule has 1 heterocycles. The second-order valence-electron chi connectivity index (χ2n) is 8.60. The summed E-state index contributed by atoms with van der Waals surface area (Å²) in [5.74, 6) is -0.158. The van der Waals surface area contributed by atoms with Crippen molar-refractivity contribution in [2.75, 3.05) is 20.6 Å². The average Bonchev–Trinajstić information content (AvgIpc) is 3.14. The lowest BCUT2D eigenvalue weighted by molar-refractivity contribution is -0.0140. The second kappa shape index (κ2) is 9.23. The lowest BCUT2D eigenvalue weighted by Gasteiger charge is -2.31. The summed E-state index contributed by atoms with van der Waals surface area (Å²) in [5, 5.41) is 0. The molecular weight excluding hydrogens is 405 g/mol. The van der Waals surface area contributed by atoms with E-state index in [1.54, 1.807) is 30.3 Å². The van der Waals surface area contributed by atoms with Crippen molar-refractivity contribution in [2.24, 2.45) is 0 Å². The summed E-state index contributed by atoms with van der Waals surface area (Å²) in [6.45, 7) is 3.29. The minimum atomic E-state index is -0.654. The molecule has 1 aliphatic rings. The lowest BCUT2D eigenvalue weighted by atomic mass is 9.81. The van der Waals surface area contributed by atoms with E-state index in [9.17, 15) is 9.18 Å². The van der Waals surface area contributed by atoms with Crippen LogP contribution in [0.4, 0.5) is 4.39 Å². The van der Waals surface area contributed by atoms with E-state index in [2.05, 4.69) is 4.90 Å². The minimum absolute atomic E-state index is 0.274. The van der Waals surface area contributed by atoms with Gasteiger partial charge in [0, 0.05) is 0 Å². The van der Waals surface area contributed by atoms with Crippen LogP contribution < -0.4 is 4.74 Å². The van der Waals surface area contributed by atoms with Crippen molar-refractivity contribution >= 4 is 5.97 Å². The van der Waals surface area contributed by atoms with Gasteiger partial charge in [0.1, 0.15) is 17.2 Å². The zero-order valence-electron chi connectivity index (χ0n) is 18.7. The zero-order chi connectivity index (χ0) is 22.7. The standard InChI is InChI=1S/C27H28FNO3/c1-19-5-12-24(13-6-19)32-26(30)20-7-14-25-21(17-20)18-31-27(25,15-4-16-29(2)3)22-8-10-23(28)11-9-22/h5-14,17H,4,15-16,18H2,1-3H3/t27-/m0/s1. The van der Waals surface area contributed by atoms with Crippen LogP contribution in [0.2, 0.25) is 0 Å². The summed E-state index contributed by atoms with van der Waals surface area (Å²) >= 11 is 0. The van der Waals surface area contributed by atoms with E-state index < -0.39 is 11.6 Å². The number of benzene rings is 3. The Labute approximate surface area is 188 Å². The Bertz CT molecular complexity index is 1090. The molecule has 32 heavy (non-hydrogen) atoms. The van der Waals surface area contributed by atoms with Gasteiger partial charge in [0.2, 0.25) is 0 Å².